The highest BCUT2D eigenvalue weighted by molar-refractivity contribution is 7.98. The summed E-state index contributed by atoms with van der Waals surface area (Å²) in [5.41, 5.74) is 2.37. The third kappa shape index (κ3) is 3.76. The Morgan fingerprint density at radius 1 is 0.893 bits per heavy atom. The van der Waals surface area contributed by atoms with E-state index in [0.717, 1.165) is 34.6 Å². The minimum Gasteiger partial charge on any atom is -0.494 e. The molecule has 0 aliphatic heterocycles. The predicted molar refractivity (Wildman–Crippen MR) is 116 cm³/mol. The van der Waals surface area contributed by atoms with E-state index >= 15 is 0 Å². The van der Waals surface area contributed by atoms with Crippen LogP contribution in [-0.4, -0.2) is 21.4 Å². The number of aromatic nitrogens is 3. The Morgan fingerprint density at radius 3 is 2.46 bits per heavy atom. The molecule has 0 aliphatic carbocycles. The van der Waals surface area contributed by atoms with Gasteiger partial charge in [0.25, 0.3) is 0 Å². The van der Waals surface area contributed by atoms with Crippen molar-refractivity contribution in [2.24, 2.45) is 0 Å². The predicted octanol–water partition coefficient (Wildman–Crippen LogP) is 5.81. The van der Waals surface area contributed by atoms with Crippen molar-refractivity contribution >= 4 is 22.5 Å². The molecule has 0 radical (unpaired) electrons. The Morgan fingerprint density at radius 2 is 1.68 bits per heavy atom. The molecule has 1 heterocycles. The van der Waals surface area contributed by atoms with Gasteiger partial charge >= 0.3 is 0 Å². The zero-order valence-corrected chi connectivity index (χ0v) is 16.9. The molecule has 0 bridgehead atoms. The molecule has 4 rings (SSSR count). The van der Waals surface area contributed by atoms with Crippen LogP contribution in [0, 0.1) is 0 Å². The molecular weight excluding hydrogens is 366 g/mol. The maximum atomic E-state index is 5.53. The number of fused-ring (bicyclic) bond motifs is 1. The minimum atomic E-state index is 0.666. The fourth-order valence-corrected chi connectivity index (χ4v) is 4.33. The van der Waals surface area contributed by atoms with Crippen molar-refractivity contribution in [3.8, 4) is 17.1 Å². The van der Waals surface area contributed by atoms with Gasteiger partial charge in [-0.15, -0.1) is 10.2 Å². The topological polar surface area (TPSA) is 39.9 Å². The molecule has 0 unspecified atom stereocenters. The average Bonchev–Trinajstić information content (AvgIpc) is 3.16. The lowest BCUT2D eigenvalue weighted by atomic mass is 10.1. The molecule has 142 valence electrons. The van der Waals surface area contributed by atoms with Gasteiger partial charge in [-0.3, -0.25) is 0 Å². The molecule has 28 heavy (non-hydrogen) atoms. The second-order valence-corrected chi connectivity index (χ2v) is 7.38. The number of benzene rings is 3. The highest BCUT2D eigenvalue weighted by atomic mass is 32.2. The molecule has 0 saturated heterocycles. The van der Waals surface area contributed by atoms with Crippen molar-refractivity contribution < 1.29 is 4.74 Å². The van der Waals surface area contributed by atoms with E-state index in [2.05, 4.69) is 64.2 Å². The molecule has 4 nitrogen and oxygen atoms in total. The minimum absolute atomic E-state index is 0.666. The maximum Gasteiger partial charge on any atom is 0.191 e. The van der Waals surface area contributed by atoms with Gasteiger partial charge in [-0.1, -0.05) is 54.2 Å². The van der Waals surface area contributed by atoms with Gasteiger partial charge in [0.15, 0.2) is 11.0 Å². The molecule has 4 aromatic rings. The van der Waals surface area contributed by atoms with Crippen molar-refractivity contribution in [1.82, 2.24) is 14.8 Å². The molecular formula is C23H23N3OS. The summed E-state index contributed by atoms with van der Waals surface area (Å²) >= 11 is 1.73. The fraction of sp³-hybridized carbons (Fsp3) is 0.217. The zero-order chi connectivity index (χ0) is 19.3. The van der Waals surface area contributed by atoms with Crippen LogP contribution < -0.4 is 4.74 Å². The van der Waals surface area contributed by atoms with Gasteiger partial charge in [0.2, 0.25) is 0 Å². The highest BCUT2D eigenvalue weighted by Gasteiger charge is 2.14. The Bertz CT molecular complexity index is 1070. The smallest absolute Gasteiger partial charge is 0.191 e. The lowest BCUT2D eigenvalue weighted by Gasteiger charge is -2.09. The molecule has 0 amide bonds. The number of ether oxygens (including phenoxy) is 1. The average molecular weight is 390 g/mol. The fourth-order valence-electron chi connectivity index (χ4n) is 3.32. The summed E-state index contributed by atoms with van der Waals surface area (Å²) < 4.78 is 7.71. The van der Waals surface area contributed by atoms with Crippen molar-refractivity contribution in [1.29, 1.82) is 0 Å². The van der Waals surface area contributed by atoms with Gasteiger partial charge in [0.05, 0.1) is 6.61 Å². The van der Waals surface area contributed by atoms with Gasteiger partial charge in [0.1, 0.15) is 5.75 Å². The van der Waals surface area contributed by atoms with Crippen LogP contribution in [-0.2, 0) is 12.3 Å². The molecule has 0 saturated carbocycles. The number of rotatable bonds is 7. The van der Waals surface area contributed by atoms with E-state index in [1.807, 2.05) is 31.2 Å². The first-order chi connectivity index (χ1) is 13.8. The summed E-state index contributed by atoms with van der Waals surface area (Å²) in [6.07, 6.45) is 0. The molecule has 3 aromatic carbocycles. The van der Waals surface area contributed by atoms with Crippen LogP contribution in [0.5, 0.6) is 5.75 Å². The number of hydrogen-bond donors (Lipinski definition) is 0. The van der Waals surface area contributed by atoms with E-state index < -0.39 is 0 Å². The van der Waals surface area contributed by atoms with Crippen LogP contribution in [0.25, 0.3) is 22.2 Å². The molecule has 0 aliphatic rings. The Hall–Kier alpha value is -2.79. The Labute approximate surface area is 169 Å². The van der Waals surface area contributed by atoms with E-state index in [4.69, 9.17) is 4.74 Å². The van der Waals surface area contributed by atoms with Crippen molar-refractivity contribution in [2.45, 2.75) is 31.3 Å². The molecule has 1 aromatic heterocycles. The number of nitrogens with zero attached hydrogens (tertiary/aromatic N) is 3. The standard InChI is InChI=1S/C23H23N3OS/c1-3-26-22(18-12-14-20(15-13-18)27-4-2)24-25-23(26)28-16-19-10-7-9-17-8-5-6-11-21(17)19/h5-15H,3-4,16H2,1-2H3. The normalized spacial score (nSPS) is 11.1. The van der Waals surface area contributed by atoms with Crippen molar-refractivity contribution in [3.63, 3.8) is 0 Å². The van der Waals surface area contributed by atoms with Crippen molar-refractivity contribution in [2.75, 3.05) is 6.61 Å². The first kappa shape index (κ1) is 18.6. The van der Waals surface area contributed by atoms with E-state index in [1.54, 1.807) is 11.8 Å². The highest BCUT2D eigenvalue weighted by Crippen LogP contribution is 2.29. The first-order valence-corrected chi connectivity index (χ1v) is 10.5. The Kier molecular flexibility index (Phi) is 5.63. The van der Waals surface area contributed by atoms with Gasteiger partial charge in [0, 0.05) is 17.9 Å². The van der Waals surface area contributed by atoms with Crippen LogP contribution in [0.4, 0.5) is 0 Å². The van der Waals surface area contributed by atoms with Gasteiger partial charge in [-0.05, 0) is 54.4 Å². The molecule has 0 spiro atoms. The SMILES string of the molecule is CCOc1ccc(-c2nnc(SCc3cccc4ccccc34)n2CC)cc1. The maximum absolute atomic E-state index is 5.53. The van der Waals surface area contributed by atoms with Gasteiger partial charge in [-0.25, -0.2) is 0 Å². The van der Waals surface area contributed by atoms with Crippen LogP contribution in [0.3, 0.4) is 0 Å². The van der Waals surface area contributed by atoms with Gasteiger partial charge < -0.3 is 9.30 Å². The quantitative estimate of drug-likeness (QED) is 0.374. The summed E-state index contributed by atoms with van der Waals surface area (Å²) in [7, 11) is 0. The van der Waals surface area contributed by atoms with Crippen LogP contribution in [0.1, 0.15) is 19.4 Å². The van der Waals surface area contributed by atoms with Crippen molar-refractivity contribution in [3.05, 3.63) is 72.3 Å². The first-order valence-electron chi connectivity index (χ1n) is 9.56. The zero-order valence-electron chi connectivity index (χ0n) is 16.1. The van der Waals surface area contributed by atoms with E-state index in [9.17, 15) is 0 Å². The van der Waals surface area contributed by atoms with Gasteiger partial charge in [-0.2, -0.15) is 0 Å². The molecule has 0 fully saturated rings. The lowest BCUT2D eigenvalue weighted by molar-refractivity contribution is 0.340. The summed E-state index contributed by atoms with van der Waals surface area (Å²) in [5, 5.41) is 12.4. The monoisotopic (exact) mass is 389 g/mol. The molecule has 0 N–H and O–H groups in total. The van der Waals surface area contributed by atoms with Crippen LogP contribution in [0.15, 0.2) is 71.9 Å². The lowest BCUT2D eigenvalue weighted by Crippen LogP contribution is -2.00. The summed E-state index contributed by atoms with van der Waals surface area (Å²) in [5.74, 6) is 2.63. The Balaban J connectivity index is 1.57. The number of thioether (sulfide) groups is 1. The van der Waals surface area contributed by atoms with E-state index in [-0.39, 0.29) is 0 Å². The summed E-state index contributed by atoms with van der Waals surface area (Å²) in [6, 6.07) is 23.0. The second-order valence-electron chi connectivity index (χ2n) is 6.43. The summed E-state index contributed by atoms with van der Waals surface area (Å²) in [6.45, 7) is 5.61. The second kappa shape index (κ2) is 8.48. The van der Waals surface area contributed by atoms with E-state index in [1.165, 1.54) is 16.3 Å². The molecule has 0 atom stereocenters. The largest absolute Gasteiger partial charge is 0.494 e. The third-order valence-electron chi connectivity index (χ3n) is 4.69. The number of hydrogen-bond acceptors (Lipinski definition) is 4. The van der Waals surface area contributed by atoms with Crippen LogP contribution >= 0.6 is 11.8 Å². The van der Waals surface area contributed by atoms with Crippen LogP contribution in [0.2, 0.25) is 0 Å². The third-order valence-corrected chi connectivity index (χ3v) is 5.71. The summed E-state index contributed by atoms with van der Waals surface area (Å²) in [4.78, 5) is 0. The van der Waals surface area contributed by atoms with E-state index in [0.29, 0.717) is 6.61 Å². The molecule has 5 heteroatoms.